The summed E-state index contributed by atoms with van der Waals surface area (Å²) in [4.78, 5) is 13.8. The predicted octanol–water partition coefficient (Wildman–Crippen LogP) is 3.13. The van der Waals surface area contributed by atoms with Crippen LogP contribution >= 0.6 is 0 Å². The van der Waals surface area contributed by atoms with E-state index < -0.39 is 5.97 Å². The lowest BCUT2D eigenvalue weighted by Gasteiger charge is -2.25. The molecule has 0 saturated heterocycles. The summed E-state index contributed by atoms with van der Waals surface area (Å²) in [5.41, 5.74) is 9.81. The second-order valence-electron chi connectivity index (χ2n) is 4.58. The minimum atomic E-state index is -0.396. The van der Waals surface area contributed by atoms with Gasteiger partial charge in [-0.15, -0.1) is 0 Å². The van der Waals surface area contributed by atoms with Crippen LogP contribution in [0.5, 0.6) is 0 Å². The van der Waals surface area contributed by atoms with Crippen molar-refractivity contribution < 1.29 is 9.53 Å². The van der Waals surface area contributed by atoms with Gasteiger partial charge in [-0.1, -0.05) is 24.3 Å². The summed E-state index contributed by atoms with van der Waals surface area (Å²) in [7, 11) is 3.25. The van der Waals surface area contributed by atoms with Crippen molar-refractivity contribution in [2.45, 2.75) is 6.92 Å². The molecule has 0 heterocycles. The number of hydrogen-bond donors (Lipinski definition) is 1. The normalized spacial score (nSPS) is 10.2. The molecule has 20 heavy (non-hydrogen) atoms. The molecular weight excluding hydrogens is 252 g/mol. The highest BCUT2D eigenvalue weighted by atomic mass is 16.5. The van der Waals surface area contributed by atoms with E-state index in [1.54, 1.807) is 18.2 Å². The first-order chi connectivity index (χ1) is 9.56. The van der Waals surface area contributed by atoms with Gasteiger partial charge < -0.3 is 15.4 Å². The van der Waals surface area contributed by atoms with Gasteiger partial charge in [0.1, 0.15) is 0 Å². The smallest absolute Gasteiger partial charge is 0.340 e. The van der Waals surface area contributed by atoms with Gasteiger partial charge in [0, 0.05) is 12.7 Å². The Balaban J connectivity index is 2.57. The van der Waals surface area contributed by atoms with Gasteiger partial charge in [-0.2, -0.15) is 0 Å². The summed E-state index contributed by atoms with van der Waals surface area (Å²) >= 11 is 0. The van der Waals surface area contributed by atoms with E-state index in [1.165, 1.54) is 7.11 Å². The molecule has 0 aliphatic rings. The molecule has 0 bridgehead atoms. The summed E-state index contributed by atoms with van der Waals surface area (Å²) < 4.78 is 4.83. The number of esters is 1. The van der Waals surface area contributed by atoms with E-state index >= 15 is 0 Å². The quantitative estimate of drug-likeness (QED) is 0.687. The predicted molar refractivity (Wildman–Crippen MR) is 81.4 cm³/mol. The molecular formula is C16H18N2O2. The molecule has 2 aromatic rings. The van der Waals surface area contributed by atoms with Crippen LogP contribution in [0.25, 0.3) is 0 Å². The van der Waals surface area contributed by atoms with E-state index in [-0.39, 0.29) is 0 Å². The molecule has 0 spiro atoms. The first kappa shape index (κ1) is 13.9. The van der Waals surface area contributed by atoms with Crippen LogP contribution in [0.1, 0.15) is 15.9 Å². The fraction of sp³-hybridized carbons (Fsp3) is 0.188. The van der Waals surface area contributed by atoms with Gasteiger partial charge in [0.15, 0.2) is 0 Å². The number of nitrogen functional groups attached to an aromatic ring is 1. The molecule has 0 fully saturated rings. The van der Waals surface area contributed by atoms with Crippen molar-refractivity contribution in [3.63, 3.8) is 0 Å². The number of rotatable bonds is 3. The lowest BCUT2D eigenvalue weighted by molar-refractivity contribution is 0.0601. The monoisotopic (exact) mass is 270 g/mol. The lowest BCUT2D eigenvalue weighted by Crippen LogP contribution is -2.17. The molecule has 0 unspecified atom stereocenters. The number of para-hydroxylation sites is 2. The maximum Gasteiger partial charge on any atom is 0.340 e. The molecule has 0 atom stereocenters. The number of methoxy groups -OCH3 is 1. The Morgan fingerprint density at radius 2 is 1.85 bits per heavy atom. The second kappa shape index (κ2) is 5.65. The maximum absolute atomic E-state index is 11.9. The van der Waals surface area contributed by atoms with Crippen LogP contribution in [0.2, 0.25) is 0 Å². The molecule has 0 aliphatic carbocycles. The van der Waals surface area contributed by atoms with E-state index in [9.17, 15) is 4.79 Å². The van der Waals surface area contributed by atoms with Crippen molar-refractivity contribution in [1.82, 2.24) is 0 Å². The fourth-order valence-corrected chi connectivity index (χ4v) is 2.27. The minimum absolute atomic E-state index is 0.396. The molecule has 0 aliphatic heterocycles. The van der Waals surface area contributed by atoms with Crippen LogP contribution < -0.4 is 10.6 Å². The summed E-state index contributed by atoms with van der Waals surface area (Å²) in [6, 6.07) is 13.2. The summed E-state index contributed by atoms with van der Waals surface area (Å²) in [5.74, 6) is -0.396. The number of carbonyl (C=O) groups is 1. The minimum Gasteiger partial charge on any atom is -0.465 e. The topological polar surface area (TPSA) is 55.6 Å². The van der Waals surface area contributed by atoms with Gasteiger partial charge in [-0.3, -0.25) is 0 Å². The van der Waals surface area contributed by atoms with Gasteiger partial charge in [0.2, 0.25) is 0 Å². The van der Waals surface area contributed by atoms with E-state index in [0.29, 0.717) is 16.9 Å². The van der Waals surface area contributed by atoms with Crippen LogP contribution in [-0.4, -0.2) is 20.1 Å². The van der Waals surface area contributed by atoms with Crippen LogP contribution in [0.15, 0.2) is 42.5 Å². The molecule has 0 saturated carbocycles. The SMILES string of the molecule is COC(=O)c1cccc(N)c1N(C)c1ccccc1C. The van der Waals surface area contributed by atoms with Crippen molar-refractivity contribution in [3.05, 3.63) is 53.6 Å². The van der Waals surface area contributed by atoms with Gasteiger partial charge in [0.05, 0.1) is 24.0 Å². The number of anilines is 3. The number of carbonyl (C=O) groups excluding carboxylic acids is 1. The Hall–Kier alpha value is -2.49. The maximum atomic E-state index is 11.9. The van der Waals surface area contributed by atoms with Crippen molar-refractivity contribution >= 4 is 23.0 Å². The number of aryl methyl sites for hydroxylation is 1. The molecule has 0 radical (unpaired) electrons. The Morgan fingerprint density at radius 3 is 2.50 bits per heavy atom. The van der Waals surface area contributed by atoms with Gasteiger partial charge in [-0.05, 0) is 30.7 Å². The summed E-state index contributed by atoms with van der Waals surface area (Å²) in [6.07, 6.45) is 0. The molecule has 2 rings (SSSR count). The largest absolute Gasteiger partial charge is 0.465 e. The molecule has 4 nitrogen and oxygen atoms in total. The highest BCUT2D eigenvalue weighted by Crippen LogP contribution is 2.34. The van der Waals surface area contributed by atoms with Crippen LogP contribution in [0, 0.1) is 6.92 Å². The Kier molecular flexibility index (Phi) is 3.94. The third-order valence-corrected chi connectivity index (χ3v) is 3.28. The number of nitrogens with two attached hydrogens (primary N) is 1. The van der Waals surface area contributed by atoms with E-state index in [1.807, 2.05) is 43.1 Å². The van der Waals surface area contributed by atoms with Crippen molar-refractivity contribution in [2.75, 3.05) is 24.8 Å². The number of benzene rings is 2. The molecule has 4 heteroatoms. The van der Waals surface area contributed by atoms with E-state index in [0.717, 1.165) is 11.3 Å². The first-order valence-electron chi connectivity index (χ1n) is 6.32. The van der Waals surface area contributed by atoms with Crippen LogP contribution in [0.4, 0.5) is 17.1 Å². The first-order valence-corrected chi connectivity index (χ1v) is 6.32. The second-order valence-corrected chi connectivity index (χ2v) is 4.58. The molecule has 2 aromatic carbocycles. The number of nitrogens with zero attached hydrogens (tertiary/aromatic N) is 1. The van der Waals surface area contributed by atoms with Crippen molar-refractivity contribution in [3.8, 4) is 0 Å². The molecule has 0 aromatic heterocycles. The third-order valence-electron chi connectivity index (χ3n) is 3.28. The number of ether oxygens (including phenoxy) is 1. The van der Waals surface area contributed by atoms with Gasteiger partial charge in [0.25, 0.3) is 0 Å². The lowest BCUT2D eigenvalue weighted by atomic mass is 10.1. The summed E-state index contributed by atoms with van der Waals surface area (Å²) in [5, 5.41) is 0. The molecule has 104 valence electrons. The Bertz CT molecular complexity index is 638. The van der Waals surface area contributed by atoms with Crippen molar-refractivity contribution in [2.24, 2.45) is 0 Å². The van der Waals surface area contributed by atoms with Gasteiger partial charge >= 0.3 is 5.97 Å². The zero-order chi connectivity index (χ0) is 14.7. The Labute approximate surface area is 118 Å². The average Bonchev–Trinajstić information content (AvgIpc) is 2.46. The standard InChI is InChI=1S/C16H18N2O2/c1-11-7-4-5-10-14(11)18(2)15-12(16(19)20-3)8-6-9-13(15)17/h4-10H,17H2,1-3H3. The number of hydrogen-bond acceptors (Lipinski definition) is 4. The van der Waals surface area contributed by atoms with E-state index in [2.05, 4.69) is 0 Å². The van der Waals surface area contributed by atoms with Crippen molar-refractivity contribution in [1.29, 1.82) is 0 Å². The fourth-order valence-electron chi connectivity index (χ4n) is 2.27. The molecule has 0 amide bonds. The third kappa shape index (κ3) is 2.45. The molecule has 2 N–H and O–H groups in total. The van der Waals surface area contributed by atoms with Gasteiger partial charge in [-0.25, -0.2) is 4.79 Å². The summed E-state index contributed by atoms with van der Waals surface area (Å²) in [6.45, 7) is 2.02. The Morgan fingerprint density at radius 1 is 1.15 bits per heavy atom. The van der Waals surface area contributed by atoms with Crippen LogP contribution in [-0.2, 0) is 4.74 Å². The average molecular weight is 270 g/mol. The highest BCUT2D eigenvalue weighted by molar-refractivity contribution is 6.00. The highest BCUT2D eigenvalue weighted by Gasteiger charge is 2.19. The van der Waals surface area contributed by atoms with Crippen LogP contribution in [0.3, 0.4) is 0 Å². The van der Waals surface area contributed by atoms with E-state index in [4.69, 9.17) is 10.5 Å². The zero-order valence-corrected chi connectivity index (χ0v) is 11.9. The zero-order valence-electron chi connectivity index (χ0n) is 11.9.